The predicted octanol–water partition coefficient (Wildman–Crippen LogP) is 2.81. The van der Waals surface area contributed by atoms with Gasteiger partial charge in [-0.2, -0.15) is 0 Å². The zero-order valence-electron chi connectivity index (χ0n) is 11.0. The number of rotatable bonds is 3. The molecule has 1 aromatic carbocycles. The molecule has 1 aromatic heterocycles. The zero-order valence-corrected chi connectivity index (χ0v) is 11.8. The number of hydrogen-bond donors (Lipinski definition) is 0. The van der Waals surface area contributed by atoms with Crippen LogP contribution in [0.5, 0.6) is 0 Å². The molecule has 1 atom stereocenters. The third-order valence-electron chi connectivity index (χ3n) is 2.42. The van der Waals surface area contributed by atoms with Gasteiger partial charge in [-0.25, -0.2) is 4.39 Å². The molecule has 2 rings (SSSR count). The van der Waals surface area contributed by atoms with Gasteiger partial charge in [0.05, 0.1) is 10.8 Å². The quantitative estimate of drug-likeness (QED) is 0.868. The highest BCUT2D eigenvalue weighted by Gasteiger charge is 2.22. The maximum atomic E-state index is 13.0. The molecule has 1 heterocycles. The van der Waals surface area contributed by atoms with E-state index < -0.39 is 16.6 Å². The van der Waals surface area contributed by atoms with E-state index in [0.717, 1.165) is 0 Å². The van der Waals surface area contributed by atoms with Crippen molar-refractivity contribution in [3.8, 4) is 0 Å². The molecule has 102 valence electrons. The van der Waals surface area contributed by atoms with Crippen LogP contribution in [-0.4, -0.2) is 14.4 Å². The van der Waals surface area contributed by atoms with E-state index in [9.17, 15) is 8.60 Å². The molecule has 0 amide bonds. The van der Waals surface area contributed by atoms with Crippen LogP contribution in [0.1, 0.15) is 32.6 Å². The van der Waals surface area contributed by atoms with E-state index in [1.807, 2.05) is 20.8 Å². The molecule has 2 aromatic rings. The molecule has 6 heteroatoms. The molecule has 0 unspecified atom stereocenters. The summed E-state index contributed by atoms with van der Waals surface area (Å²) in [4.78, 5) is 0.413. The molecule has 0 spiro atoms. The Kier molecular flexibility index (Phi) is 3.80. The maximum absolute atomic E-state index is 13.0. The Morgan fingerprint density at radius 3 is 2.63 bits per heavy atom. The first-order valence-corrected chi connectivity index (χ1v) is 7.15. The Labute approximate surface area is 113 Å². The SMILES string of the molecule is CC(C)(C)c1nnc(C[S@](=O)c2cccc(F)c2)o1. The second-order valence-corrected chi connectivity index (χ2v) is 6.65. The molecule has 0 aliphatic heterocycles. The molecule has 4 nitrogen and oxygen atoms in total. The monoisotopic (exact) mass is 282 g/mol. The van der Waals surface area contributed by atoms with Gasteiger partial charge in [0.1, 0.15) is 11.6 Å². The minimum Gasteiger partial charge on any atom is -0.424 e. The maximum Gasteiger partial charge on any atom is 0.229 e. The summed E-state index contributed by atoms with van der Waals surface area (Å²) >= 11 is 0. The highest BCUT2D eigenvalue weighted by Crippen LogP contribution is 2.21. The number of halogens is 1. The Bertz CT molecular complexity index is 605. The van der Waals surface area contributed by atoms with Crippen LogP contribution < -0.4 is 0 Å². The molecular formula is C13H15FN2O2S. The molecule has 0 aliphatic rings. The highest BCUT2D eigenvalue weighted by atomic mass is 32.2. The average molecular weight is 282 g/mol. The molecule has 0 aliphatic carbocycles. The molecule has 0 N–H and O–H groups in total. The van der Waals surface area contributed by atoms with E-state index in [-0.39, 0.29) is 11.2 Å². The topological polar surface area (TPSA) is 56.0 Å². The summed E-state index contributed by atoms with van der Waals surface area (Å²) in [6, 6.07) is 5.69. The van der Waals surface area contributed by atoms with E-state index in [4.69, 9.17) is 4.42 Å². The molecular weight excluding hydrogens is 267 g/mol. The van der Waals surface area contributed by atoms with Crippen molar-refractivity contribution < 1.29 is 13.0 Å². The fourth-order valence-electron chi connectivity index (χ4n) is 1.42. The predicted molar refractivity (Wildman–Crippen MR) is 69.5 cm³/mol. The lowest BCUT2D eigenvalue weighted by Crippen LogP contribution is -2.11. The van der Waals surface area contributed by atoms with Crippen molar-refractivity contribution in [1.82, 2.24) is 10.2 Å². The van der Waals surface area contributed by atoms with Gasteiger partial charge in [0.25, 0.3) is 0 Å². The van der Waals surface area contributed by atoms with Crippen LogP contribution >= 0.6 is 0 Å². The first-order chi connectivity index (χ1) is 8.86. The average Bonchev–Trinajstić information content (AvgIpc) is 2.77. The number of aromatic nitrogens is 2. The van der Waals surface area contributed by atoms with Crippen LogP contribution in [0.2, 0.25) is 0 Å². The van der Waals surface area contributed by atoms with Gasteiger partial charge < -0.3 is 4.42 Å². The summed E-state index contributed by atoms with van der Waals surface area (Å²) in [5, 5.41) is 7.79. The van der Waals surface area contributed by atoms with Crippen LogP contribution in [0.4, 0.5) is 4.39 Å². The fourth-order valence-corrected chi connectivity index (χ4v) is 2.40. The second-order valence-electron chi connectivity index (χ2n) is 5.20. The Balaban J connectivity index is 2.13. The largest absolute Gasteiger partial charge is 0.424 e. The Hall–Kier alpha value is -1.56. The van der Waals surface area contributed by atoms with Crippen molar-refractivity contribution in [3.05, 3.63) is 41.9 Å². The molecule has 19 heavy (non-hydrogen) atoms. The van der Waals surface area contributed by atoms with Crippen molar-refractivity contribution in [2.24, 2.45) is 0 Å². The normalized spacial score (nSPS) is 13.5. The summed E-state index contributed by atoms with van der Waals surface area (Å²) in [7, 11) is -1.39. The summed E-state index contributed by atoms with van der Waals surface area (Å²) in [6.45, 7) is 5.86. The fraction of sp³-hybridized carbons (Fsp3) is 0.385. The highest BCUT2D eigenvalue weighted by molar-refractivity contribution is 7.84. The molecule has 0 saturated carbocycles. The molecule has 0 radical (unpaired) electrons. The number of hydrogen-bond acceptors (Lipinski definition) is 4. The van der Waals surface area contributed by atoms with Gasteiger partial charge in [0.15, 0.2) is 0 Å². The summed E-state index contributed by atoms with van der Waals surface area (Å²) in [6.07, 6.45) is 0. The standard InChI is InChI=1S/C13H15FN2O2S/c1-13(2,3)12-16-15-11(18-12)8-19(17)10-6-4-5-9(14)7-10/h4-7H,8H2,1-3H3/t19-/m0/s1. The minimum absolute atomic E-state index is 0.0898. The Morgan fingerprint density at radius 1 is 1.32 bits per heavy atom. The van der Waals surface area contributed by atoms with Gasteiger partial charge in [-0.3, -0.25) is 4.21 Å². The second kappa shape index (κ2) is 5.21. The number of benzene rings is 1. The lowest BCUT2D eigenvalue weighted by atomic mass is 9.97. The van der Waals surface area contributed by atoms with Gasteiger partial charge in [-0.15, -0.1) is 10.2 Å². The van der Waals surface area contributed by atoms with Gasteiger partial charge in [0, 0.05) is 10.3 Å². The van der Waals surface area contributed by atoms with E-state index in [1.165, 1.54) is 18.2 Å². The molecule has 0 saturated heterocycles. The van der Waals surface area contributed by atoms with Crippen molar-refractivity contribution in [3.63, 3.8) is 0 Å². The zero-order chi connectivity index (χ0) is 14.0. The van der Waals surface area contributed by atoms with Gasteiger partial charge >= 0.3 is 0 Å². The first-order valence-electron chi connectivity index (χ1n) is 5.83. The van der Waals surface area contributed by atoms with Crippen LogP contribution in [-0.2, 0) is 22.0 Å². The van der Waals surface area contributed by atoms with Crippen molar-refractivity contribution in [1.29, 1.82) is 0 Å². The third kappa shape index (κ3) is 3.47. The van der Waals surface area contributed by atoms with E-state index in [2.05, 4.69) is 10.2 Å². The molecule has 0 bridgehead atoms. The van der Waals surface area contributed by atoms with Gasteiger partial charge in [-0.05, 0) is 18.2 Å². The van der Waals surface area contributed by atoms with Crippen molar-refractivity contribution in [2.45, 2.75) is 36.8 Å². The van der Waals surface area contributed by atoms with E-state index in [0.29, 0.717) is 16.7 Å². The summed E-state index contributed by atoms with van der Waals surface area (Å²) in [5.41, 5.74) is -0.244. The summed E-state index contributed by atoms with van der Waals surface area (Å²) in [5.74, 6) is 0.477. The first kappa shape index (κ1) is 13.9. The van der Waals surface area contributed by atoms with Crippen molar-refractivity contribution in [2.75, 3.05) is 0 Å². The lowest BCUT2D eigenvalue weighted by Gasteiger charge is -2.10. The van der Waals surface area contributed by atoms with E-state index >= 15 is 0 Å². The van der Waals surface area contributed by atoms with Crippen LogP contribution in [0.25, 0.3) is 0 Å². The summed E-state index contributed by atoms with van der Waals surface area (Å²) < 4.78 is 30.5. The third-order valence-corrected chi connectivity index (χ3v) is 3.71. The van der Waals surface area contributed by atoms with Crippen LogP contribution in [0.3, 0.4) is 0 Å². The van der Waals surface area contributed by atoms with Gasteiger partial charge in [-0.1, -0.05) is 26.8 Å². The van der Waals surface area contributed by atoms with Crippen LogP contribution in [0, 0.1) is 5.82 Å². The smallest absolute Gasteiger partial charge is 0.229 e. The number of nitrogens with zero attached hydrogens (tertiary/aromatic N) is 2. The van der Waals surface area contributed by atoms with Gasteiger partial charge in [0.2, 0.25) is 11.8 Å². The Morgan fingerprint density at radius 2 is 2.05 bits per heavy atom. The lowest BCUT2D eigenvalue weighted by molar-refractivity contribution is 0.378. The van der Waals surface area contributed by atoms with Crippen LogP contribution in [0.15, 0.2) is 33.6 Å². The minimum atomic E-state index is -1.39. The van der Waals surface area contributed by atoms with Crippen molar-refractivity contribution >= 4 is 10.8 Å². The molecule has 0 fully saturated rings. The van der Waals surface area contributed by atoms with E-state index in [1.54, 1.807) is 6.07 Å².